The highest BCUT2D eigenvalue weighted by Gasteiger charge is 2.36. The van der Waals surface area contributed by atoms with Gasteiger partial charge in [0, 0.05) is 6.07 Å². The second-order valence-corrected chi connectivity index (χ2v) is 4.37. The SMILES string of the molecule is N#CC1=C(N)Oc2c(oc(CO)cc2=O)[C@H]1c1ccco1. The van der Waals surface area contributed by atoms with Crippen LogP contribution in [0.3, 0.4) is 0 Å². The van der Waals surface area contributed by atoms with E-state index in [2.05, 4.69) is 0 Å². The smallest absolute Gasteiger partial charge is 0.228 e. The molecular formula is C14H10N2O5. The van der Waals surface area contributed by atoms with E-state index >= 15 is 0 Å². The van der Waals surface area contributed by atoms with Crippen molar-refractivity contribution in [1.82, 2.24) is 0 Å². The Balaban J connectivity index is 2.30. The van der Waals surface area contributed by atoms with Crippen molar-refractivity contribution < 1.29 is 18.7 Å². The lowest BCUT2D eigenvalue weighted by Gasteiger charge is -2.22. The number of hydrogen-bond donors (Lipinski definition) is 2. The molecule has 3 N–H and O–H groups in total. The zero-order chi connectivity index (χ0) is 15.0. The van der Waals surface area contributed by atoms with Crippen molar-refractivity contribution in [2.45, 2.75) is 12.5 Å². The van der Waals surface area contributed by atoms with E-state index in [0.29, 0.717) is 5.76 Å². The molecule has 106 valence electrons. The molecule has 1 aliphatic rings. The van der Waals surface area contributed by atoms with Gasteiger partial charge in [0.25, 0.3) is 0 Å². The predicted octanol–water partition coefficient (Wildman–Crippen LogP) is 0.943. The molecule has 7 nitrogen and oxygen atoms in total. The van der Waals surface area contributed by atoms with Gasteiger partial charge in [-0.2, -0.15) is 5.26 Å². The quantitative estimate of drug-likeness (QED) is 0.842. The number of nitrogens with zero attached hydrogens (tertiary/aromatic N) is 1. The van der Waals surface area contributed by atoms with E-state index in [1.807, 2.05) is 6.07 Å². The molecule has 7 heteroatoms. The molecule has 3 heterocycles. The third-order valence-corrected chi connectivity index (χ3v) is 3.11. The van der Waals surface area contributed by atoms with Gasteiger partial charge in [-0.1, -0.05) is 0 Å². The van der Waals surface area contributed by atoms with Crippen LogP contribution >= 0.6 is 0 Å². The molecular weight excluding hydrogens is 276 g/mol. The first-order chi connectivity index (χ1) is 10.2. The Morgan fingerprint density at radius 1 is 1.48 bits per heavy atom. The van der Waals surface area contributed by atoms with Gasteiger partial charge < -0.3 is 24.4 Å². The third-order valence-electron chi connectivity index (χ3n) is 3.11. The highest BCUT2D eigenvalue weighted by Crippen LogP contribution is 2.40. The van der Waals surface area contributed by atoms with Gasteiger partial charge in [0.15, 0.2) is 5.76 Å². The fourth-order valence-corrected chi connectivity index (χ4v) is 2.20. The zero-order valence-electron chi connectivity index (χ0n) is 10.7. The molecule has 1 atom stereocenters. The van der Waals surface area contributed by atoms with Gasteiger partial charge in [-0.25, -0.2) is 0 Å². The van der Waals surface area contributed by atoms with Gasteiger partial charge in [0.05, 0.1) is 6.26 Å². The van der Waals surface area contributed by atoms with Crippen LogP contribution in [0.4, 0.5) is 0 Å². The van der Waals surface area contributed by atoms with Crippen LogP contribution in [0, 0.1) is 11.3 Å². The van der Waals surface area contributed by atoms with Crippen molar-refractivity contribution in [1.29, 1.82) is 5.26 Å². The summed E-state index contributed by atoms with van der Waals surface area (Å²) < 4.78 is 16.0. The minimum Gasteiger partial charge on any atom is -0.468 e. The van der Waals surface area contributed by atoms with Crippen molar-refractivity contribution in [3.05, 3.63) is 63.4 Å². The first-order valence-electron chi connectivity index (χ1n) is 6.04. The Morgan fingerprint density at radius 3 is 2.90 bits per heavy atom. The first kappa shape index (κ1) is 13.0. The number of hydrogen-bond acceptors (Lipinski definition) is 7. The second kappa shape index (κ2) is 4.85. The van der Waals surface area contributed by atoms with Gasteiger partial charge in [-0.15, -0.1) is 0 Å². The third kappa shape index (κ3) is 1.98. The van der Waals surface area contributed by atoms with Gasteiger partial charge >= 0.3 is 0 Å². The Bertz CT molecular complexity index is 811. The summed E-state index contributed by atoms with van der Waals surface area (Å²) in [4.78, 5) is 12.0. The molecule has 0 aliphatic carbocycles. The number of nitriles is 1. The second-order valence-electron chi connectivity index (χ2n) is 4.37. The van der Waals surface area contributed by atoms with Crippen molar-refractivity contribution >= 4 is 0 Å². The molecule has 2 aromatic rings. The molecule has 3 rings (SSSR count). The van der Waals surface area contributed by atoms with Crippen LogP contribution in [0.15, 0.2) is 49.5 Å². The average Bonchev–Trinajstić information content (AvgIpc) is 3.00. The Kier molecular flexibility index (Phi) is 3.01. The summed E-state index contributed by atoms with van der Waals surface area (Å²) in [5.41, 5.74) is 5.29. The molecule has 1 aliphatic heterocycles. The maximum atomic E-state index is 12.0. The Morgan fingerprint density at radius 2 is 2.29 bits per heavy atom. The van der Waals surface area contributed by atoms with Crippen LogP contribution in [0.25, 0.3) is 0 Å². The van der Waals surface area contributed by atoms with Crippen molar-refractivity contribution in [2.24, 2.45) is 5.73 Å². The lowest BCUT2D eigenvalue weighted by atomic mass is 9.92. The van der Waals surface area contributed by atoms with Gasteiger partial charge in [-0.3, -0.25) is 4.79 Å². The van der Waals surface area contributed by atoms with E-state index in [-0.39, 0.29) is 28.7 Å². The molecule has 0 saturated carbocycles. The summed E-state index contributed by atoms with van der Waals surface area (Å²) in [6, 6.07) is 6.33. The largest absolute Gasteiger partial charge is 0.468 e. The lowest BCUT2D eigenvalue weighted by Crippen LogP contribution is -2.25. The average molecular weight is 286 g/mol. The number of nitrogens with two attached hydrogens (primary N) is 1. The standard InChI is InChI=1S/C14H10N2O5/c15-5-8-11(10-2-1-3-19-10)13-12(21-14(8)16)9(18)4-7(6-17)20-13/h1-4,11,17H,6,16H2/t11-/m1/s1. The van der Waals surface area contributed by atoms with Crippen LogP contribution in [0.2, 0.25) is 0 Å². The molecule has 0 spiro atoms. The van der Waals surface area contributed by atoms with Crippen LogP contribution in [0.1, 0.15) is 23.2 Å². The first-order valence-corrected chi connectivity index (χ1v) is 6.04. The molecule has 0 saturated heterocycles. The van der Waals surface area contributed by atoms with Crippen LogP contribution in [-0.2, 0) is 6.61 Å². The molecule has 0 amide bonds. The molecule has 0 unspecified atom stereocenters. The molecule has 0 bridgehead atoms. The van der Waals surface area contributed by atoms with Gasteiger partial charge in [0.1, 0.15) is 35.7 Å². The predicted molar refractivity (Wildman–Crippen MR) is 68.9 cm³/mol. The molecule has 21 heavy (non-hydrogen) atoms. The van der Waals surface area contributed by atoms with Crippen LogP contribution in [-0.4, -0.2) is 5.11 Å². The van der Waals surface area contributed by atoms with Crippen molar-refractivity contribution in [3.63, 3.8) is 0 Å². The monoisotopic (exact) mass is 286 g/mol. The number of aliphatic hydroxyl groups is 1. The van der Waals surface area contributed by atoms with E-state index in [0.717, 1.165) is 6.07 Å². The summed E-state index contributed by atoms with van der Waals surface area (Å²) in [6.45, 7) is -0.450. The van der Waals surface area contributed by atoms with Crippen LogP contribution in [0.5, 0.6) is 5.75 Å². The normalized spacial score (nSPS) is 17.0. The fraction of sp³-hybridized carbons (Fsp3) is 0.143. The lowest BCUT2D eigenvalue weighted by molar-refractivity contribution is 0.230. The molecule has 0 fully saturated rings. The number of furan rings is 1. The topological polar surface area (TPSA) is 123 Å². The minimum atomic E-state index is -0.784. The summed E-state index contributed by atoms with van der Waals surface area (Å²) in [7, 11) is 0. The Hall–Kier alpha value is -2.98. The highest BCUT2D eigenvalue weighted by molar-refractivity contribution is 5.49. The van der Waals surface area contributed by atoms with E-state index in [1.165, 1.54) is 6.26 Å². The van der Waals surface area contributed by atoms with Crippen molar-refractivity contribution in [2.75, 3.05) is 0 Å². The minimum absolute atomic E-state index is 0.0664. The summed E-state index contributed by atoms with van der Waals surface area (Å²) in [6.07, 6.45) is 1.43. The highest BCUT2D eigenvalue weighted by atomic mass is 16.5. The van der Waals surface area contributed by atoms with E-state index in [4.69, 9.17) is 24.4 Å². The summed E-state index contributed by atoms with van der Waals surface area (Å²) in [5, 5.41) is 18.4. The number of aliphatic hydroxyl groups excluding tert-OH is 1. The zero-order valence-corrected chi connectivity index (χ0v) is 10.7. The number of fused-ring (bicyclic) bond motifs is 1. The van der Waals surface area contributed by atoms with Crippen LogP contribution < -0.4 is 15.9 Å². The molecule has 0 radical (unpaired) electrons. The van der Waals surface area contributed by atoms with Gasteiger partial charge in [-0.05, 0) is 12.1 Å². The summed E-state index contributed by atoms with van der Waals surface area (Å²) >= 11 is 0. The van der Waals surface area contributed by atoms with E-state index in [1.54, 1.807) is 12.1 Å². The summed E-state index contributed by atoms with van der Waals surface area (Å²) in [5.74, 6) is -0.519. The number of rotatable bonds is 2. The Labute approximate surface area is 118 Å². The van der Waals surface area contributed by atoms with Gasteiger partial charge in [0.2, 0.25) is 17.1 Å². The number of allylic oxidation sites excluding steroid dienone is 1. The van der Waals surface area contributed by atoms with Crippen molar-refractivity contribution in [3.8, 4) is 11.8 Å². The molecule has 0 aromatic carbocycles. The molecule has 2 aromatic heterocycles. The fourth-order valence-electron chi connectivity index (χ4n) is 2.20. The maximum absolute atomic E-state index is 12.0. The van der Waals surface area contributed by atoms with E-state index < -0.39 is 18.0 Å². The van der Waals surface area contributed by atoms with E-state index in [9.17, 15) is 10.1 Å². The maximum Gasteiger partial charge on any atom is 0.228 e. The number of ether oxygens (including phenoxy) is 1.